The quantitative estimate of drug-likeness (QED) is 0.0832. The second-order valence-electron chi connectivity index (χ2n) is 13.8. The molecule has 0 aliphatic carbocycles. The molecule has 0 fully saturated rings. The minimum Gasteiger partial charge on any atom is -0.149 e. The zero-order chi connectivity index (χ0) is 33.1. The molecule has 0 radical (unpaired) electrons. The first-order valence-electron chi connectivity index (χ1n) is 16.7. The van der Waals surface area contributed by atoms with Gasteiger partial charge in [0.1, 0.15) is 0 Å². The van der Waals surface area contributed by atoms with Crippen LogP contribution in [0.2, 0.25) is 0 Å². The van der Waals surface area contributed by atoms with Crippen molar-refractivity contribution in [3.63, 3.8) is 0 Å². The maximum absolute atomic E-state index is 8.23. The van der Waals surface area contributed by atoms with E-state index in [4.69, 9.17) is 11.1 Å². The van der Waals surface area contributed by atoms with Gasteiger partial charge in [-0.25, -0.2) is 0 Å². The highest BCUT2D eigenvalue weighted by Gasteiger charge is 2.38. The van der Waals surface area contributed by atoms with Crippen LogP contribution in [0.25, 0.3) is 0 Å². The third-order valence-corrected chi connectivity index (χ3v) is 14.3. The topological polar surface area (TPSA) is 0 Å². The molecule has 0 aliphatic heterocycles. The van der Waals surface area contributed by atoms with Crippen molar-refractivity contribution in [2.75, 3.05) is 0 Å². The Morgan fingerprint density at radius 1 is 0.340 bits per heavy atom. The highest BCUT2D eigenvalue weighted by atomic mass is 35.6. The first-order chi connectivity index (χ1) is 22.5. The van der Waals surface area contributed by atoms with Crippen molar-refractivity contribution in [2.45, 2.75) is 60.8 Å². The fourth-order valence-electron chi connectivity index (χ4n) is 7.41. The third kappa shape index (κ3) is 7.87. The molecule has 0 bridgehead atoms. The molecule has 0 heterocycles. The molecule has 6 rings (SSSR count). The smallest absolute Gasteiger partial charge is 0.149 e. The van der Waals surface area contributed by atoms with E-state index in [9.17, 15) is 0 Å². The molecule has 0 atom stereocenters. The zero-order valence-electron chi connectivity index (χ0n) is 28.6. The van der Waals surface area contributed by atoms with Crippen LogP contribution in [-0.4, -0.2) is 7.38 Å². The summed E-state index contributed by atoms with van der Waals surface area (Å²) in [5.41, 5.74) is 15.7. The molecule has 0 spiro atoms. The maximum Gasteiger partial charge on any atom is 0.247 e. The minimum atomic E-state index is -2.92. The summed E-state index contributed by atoms with van der Waals surface area (Å²) in [5.74, 6) is 0. The van der Waals surface area contributed by atoms with Gasteiger partial charge in [-0.15, -0.1) is 11.1 Å². The van der Waals surface area contributed by atoms with Gasteiger partial charge in [0.25, 0.3) is 0 Å². The van der Waals surface area contributed by atoms with Gasteiger partial charge >= 0.3 is 0 Å². The molecule has 236 valence electrons. The largest absolute Gasteiger partial charge is 0.247 e. The van der Waals surface area contributed by atoms with Crippen LogP contribution in [0.4, 0.5) is 0 Å². The van der Waals surface area contributed by atoms with Crippen molar-refractivity contribution in [3.8, 4) is 0 Å². The molecule has 2 heteroatoms. The molecule has 0 N–H and O–H groups in total. The average Bonchev–Trinajstić information content (AvgIpc) is 2.99. The molecule has 6 aromatic rings. The van der Waals surface area contributed by atoms with Gasteiger partial charge in [-0.2, -0.15) is 0 Å². The minimum absolute atomic E-state index is 0.886. The van der Waals surface area contributed by atoms with E-state index in [1.54, 1.807) is 0 Å². The van der Waals surface area contributed by atoms with E-state index in [1.165, 1.54) is 82.3 Å². The highest BCUT2D eigenvalue weighted by molar-refractivity contribution is 7.40. The Balaban J connectivity index is 1.44. The van der Waals surface area contributed by atoms with E-state index in [-0.39, 0.29) is 0 Å². The van der Waals surface area contributed by atoms with Crippen LogP contribution >= 0.6 is 11.1 Å². The fraction of sp³-hybridized carbons (Fsp3) is 0.200. The Morgan fingerprint density at radius 3 is 0.851 bits per heavy atom. The van der Waals surface area contributed by atoms with E-state index in [0.29, 0.717) is 0 Å². The van der Waals surface area contributed by atoms with Crippen molar-refractivity contribution >= 4 is 34.0 Å². The van der Waals surface area contributed by atoms with Crippen LogP contribution in [-0.2, 0) is 19.3 Å². The van der Waals surface area contributed by atoms with Crippen molar-refractivity contribution in [2.24, 2.45) is 0 Å². The van der Waals surface area contributed by atoms with Crippen molar-refractivity contribution in [1.82, 2.24) is 0 Å². The van der Waals surface area contributed by atoms with Gasteiger partial charge in [0.2, 0.25) is 7.38 Å². The lowest BCUT2D eigenvalue weighted by Crippen LogP contribution is -2.63. The van der Waals surface area contributed by atoms with Crippen molar-refractivity contribution in [3.05, 3.63) is 194 Å². The lowest BCUT2D eigenvalue weighted by molar-refractivity contribution is 1.17. The Bertz CT molecular complexity index is 1760. The van der Waals surface area contributed by atoms with Crippen LogP contribution in [0, 0.1) is 41.5 Å². The molecule has 0 aromatic heterocycles. The Kier molecular flexibility index (Phi) is 9.69. The predicted molar refractivity (Wildman–Crippen MR) is 206 cm³/mol. The molecule has 0 saturated carbocycles. The summed E-state index contributed by atoms with van der Waals surface area (Å²) in [6.45, 7) is 13.1. The first-order valence-corrected chi connectivity index (χ1v) is 19.7. The Labute approximate surface area is 287 Å². The molecule has 0 saturated heterocycles. The first kappa shape index (κ1) is 32.8. The standard InChI is InChI=1S/C45H45ClSi/c1-31-16-32(2)20-40(19-31)25-37-10-7-13-43(28-37)47(46,44-14-8-11-38(29-44)26-41-21-33(3)17-34(4)22-41)45-15-9-12-39(30-45)27-42-23-35(5)18-36(6)24-42/h7-24,28-30H,25-27H2,1-6H3. The van der Waals surface area contributed by atoms with Crippen molar-refractivity contribution < 1.29 is 0 Å². The fourth-order valence-corrected chi connectivity index (χ4v) is 11.6. The maximum atomic E-state index is 8.23. The number of benzene rings is 6. The van der Waals surface area contributed by atoms with Crippen LogP contribution in [0.3, 0.4) is 0 Å². The highest BCUT2D eigenvalue weighted by Crippen LogP contribution is 2.21. The summed E-state index contributed by atoms with van der Waals surface area (Å²) in [7, 11) is -2.92. The van der Waals surface area contributed by atoms with Crippen LogP contribution in [0.1, 0.15) is 66.8 Å². The Morgan fingerprint density at radius 2 is 0.596 bits per heavy atom. The normalized spacial score (nSPS) is 11.6. The number of aryl methyl sites for hydroxylation is 6. The van der Waals surface area contributed by atoms with E-state index in [1.807, 2.05) is 0 Å². The second-order valence-corrected chi connectivity index (χ2v) is 18.5. The number of hydrogen-bond acceptors (Lipinski definition) is 0. The van der Waals surface area contributed by atoms with Gasteiger partial charge in [-0.05, 0) is 110 Å². The van der Waals surface area contributed by atoms with Crippen LogP contribution in [0.15, 0.2) is 127 Å². The van der Waals surface area contributed by atoms with Gasteiger partial charge in [0.15, 0.2) is 0 Å². The summed E-state index contributed by atoms with van der Waals surface area (Å²) < 4.78 is 0. The third-order valence-electron chi connectivity index (χ3n) is 9.04. The lowest BCUT2D eigenvalue weighted by Gasteiger charge is -2.28. The summed E-state index contributed by atoms with van der Waals surface area (Å²) in [4.78, 5) is 0. The molecule has 0 aliphatic rings. The van der Waals surface area contributed by atoms with Gasteiger partial charge in [-0.3, -0.25) is 0 Å². The molecule has 0 nitrogen and oxygen atoms in total. The van der Waals surface area contributed by atoms with Gasteiger partial charge < -0.3 is 0 Å². The summed E-state index contributed by atoms with van der Waals surface area (Å²) in [6, 6.07) is 47.8. The van der Waals surface area contributed by atoms with E-state index < -0.39 is 7.38 Å². The monoisotopic (exact) mass is 648 g/mol. The lowest BCUT2D eigenvalue weighted by atomic mass is 10.0. The van der Waals surface area contributed by atoms with E-state index in [0.717, 1.165) is 19.3 Å². The molecular weight excluding hydrogens is 604 g/mol. The predicted octanol–water partition coefficient (Wildman–Crippen LogP) is 9.52. The molecular formula is C45H45ClSi. The zero-order valence-corrected chi connectivity index (χ0v) is 30.4. The summed E-state index contributed by atoms with van der Waals surface area (Å²) in [6.07, 6.45) is 2.66. The Hall–Kier alpha value is -4.17. The average molecular weight is 649 g/mol. The number of halogens is 1. The molecule has 47 heavy (non-hydrogen) atoms. The molecule has 0 amide bonds. The van der Waals surface area contributed by atoms with Gasteiger partial charge in [0.05, 0.1) is 0 Å². The van der Waals surface area contributed by atoms with Gasteiger partial charge in [0, 0.05) is 0 Å². The van der Waals surface area contributed by atoms with Crippen LogP contribution < -0.4 is 15.6 Å². The van der Waals surface area contributed by atoms with Crippen LogP contribution in [0.5, 0.6) is 0 Å². The van der Waals surface area contributed by atoms with E-state index >= 15 is 0 Å². The summed E-state index contributed by atoms with van der Waals surface area (Å²) in [5, 5.41) is 3.69. The number of hydrogen-bond donors (Lipinski definition) is 0. The van der Waals surface area contributed by atoms with Gasteiger partial charge in [-0.1, -0.05) is 161 Å². The number of rotatable bonds is 9. The second kappa shape index (κ2) is 13.9. The SMILES string of the molecule is Cc1cc(C)cc(Cc2cccc([Si](Cl)(c3cccc(Cc4cc(C)cc(C)c4)c3)c3cccc(Cc4cc(C)cc(C)c4)c3)c2)c1. The van der Waals surface area contributed by atoms with Crippen molar-refractivity contribution in [1.29, 1.82) is 0 Å². The molecule has 0 unspecified atom stereocenters. The van der Waals surface area contributed by atoms with E-state index in [2.05, 4.69) is 169 Å². The molecule has 6 aromatic carbocycles. The summed E-state index contributed by atoms with van der Waals surface area (Å²) >= 11 is 8.23.